The molecule has 0 bridgehead atoms. The molecule has 152 valence electrons. The van der Waals surface area contributed by atoms with Crippen LogP contribution in [0.5, 0.6) is 5.75 Å². The Balaban J connectivity index is 1.51. The predicted octanol–water partition coefficient (Wildman–Crippen LogP) is 3.50. The first-order valence-electron chi connectivity index (χ1n) is 8.84. The lowest BCUT2D eigenvalue weighted by molar-refractivity contribution is -0.113. The van der Waals surface area contributed by atoms with E-state index in [1.807, 2.05) is 0 Å². The van der Waals surface area contributed by atoms with Crippen LogP contribution in [0, 0.1) is 0 Å². The van der Waals surface area contributed by atoms with Gasteiger partial charge in [-0.25, -0.2) is 9.67 Å². The van der Waals surface area contributed by atoms with Gasteiger partial charge in [-0.2, -0.15) is 5.10 Å². The Morgan fingerprint density at radius 1 is 1.20 bits per heavy atom. The molecule has 10 heteroatoms. The molecule has 4 rings (SSSR count). The fourth-order valence-electron chi connectivity index (χ4n) is 2.74. The summed E-state index contributed by atoms with van der Waals surface area (Å²) in [6.07, 6.45) is 1.46. The number of hydrogen-bond acceptors (Lipinski definition) is 6. The third kappa shape index (κ3) is 4.32. The molecule has 0 fully saturated rings. The van der Waals surface area contributed by atoms with Gasteiger partial charge < -0.3 is 15.0 Å². The van der Waals surface area contributed by atoms with E-state index < -0.39 is 0 Å². The zero-order valence-corrected chi connectivity index (χ0v) is 17.3. The third-order valence-corrected chi connectivity index (χ3v) is 5.33. The van der Waals surface area contributed by atoms with Gasteiger partial charge in [0, 0.05) is 10.7 Å². The minimum absolute atomic E-state index is 0.0789. The van der Waals surface area contributed by atoms with E-state index in [-0.39, 0.29) is 17.2 Å². The lowest BCUT2D eigenvalue weighted by Crippen LogP contribution is -2.15. The summed E-state index contributed by atoms with van der Waals surface area (Å²) in [5.74, 6) is 0.559. The molecule has 0 aliphatic heterocycles. The summed E-state index contributed by atoms with van der Waals surface area (Å²) < 4.78 is 6.65. The van der Waals surface area contributed by atoms with Crippen LogP contribution in [0.15, 0.2) is 64.7 Å². The number of thioether (sulfide) groups is 1. The summed E-state index contributed by atoms with van der Waals surface area (Å²) in [6.45, 7) is 0. The van der Waals surface area contributed by atoms with E-state index in [0.29, 0.717) is 32.6 Å². The highest BCUT2D eigenvalue weighted by Crippen LogP contribution is 2.20. The second kappa shape index (κ2) is 8.60. The zero-order chi connectivity index (χ0) is 21.1. The average molecular weight is 442 g/mol. The highest BCUT2D eigenvalue weighted by atomic mass is 35.5. The van der Waals surface area contributed by atoms with Gasteiger partial charge in [0.15, 0.2) is 10.8 Å². The Hall–Kier alpha value is -3.30. The van der Waals surface area contributed by atoms with Gasteiger partial charge >= 0.3 is 0 Å². The predicted molar refractivity (Wildman–Crippen MR) is 117 cm³/mol. The Bertz CT molecular complexity index is 1250. The maximum Gasteiger partial charge on any atom is 0.262 e. The number of benzene rings is 2. The van der Waals surface area contributed by atoms with Crippen LogP contribution in [-0.4, -0.2) is 38.5 Å². The number of carbonyl (C=O) groups is 1. The minimum atomic E-state index is -0.321. The van der Waals surface area contributed by atoms with Crippen LogP contribution in [0.3, 0.4) is 0 Å². The zero-order valence-electron chi connectivity index (χ0n) is 15.8. The monoisotopic (exact) mass is 441 g/mol. The minimum Gasteiger partial charge on any atom is -0.497 e. The largest absolute Gasteiger partial charge is 0.497 e. The van der Waals surface area contributed by atoms with Crippen molar-refractivity contribution in [3.63, 3.8) is 0 Å². The fraction of sp³-hybridized carbons (Fsp3) is 0.100. The van der Waals surface area contributed by atoms with E-state index >= 15 is 0 Å². The van der Waals surface area contributed by atoms with E-state index in [9.17, 15) is 9.59 Å². The molecule has 0 saturated carbocycles. The van der Waals surface area contributed by atoms with Gasteiger partial charge in [0.2, 0.25) is 5.91 Å². The van der Waals surface area contributed by atoms with Crippen LogP contribution in [0.1, 0.15) is 0 Å². The molecule has 30 heavy (non-hydrogen) atoms. The van der Waals surface area contributed by atoms with Gasteiger partial charge in [0.25, 0.3) is 5.56 Å². The van der Waals surface area contributed by atoms with E-state index in [0.717, 1.165) is 17.4 Å². The second-order valence-electron chi connectivity index (χ2n) is 6.21. The summed E-state index contributed by atoms with van der Waals surface area (Å²) in [4.78, 5) is 31.8. The number of carbonyl (C=O) groups excluding carboxylic acids is 1. The van der Waals surface area contributed by atoms with Crippen LogP contribution in [0.4, 0.5) is 5.69 Å². The first kappa shape index (κ1) is 20.0. The van der Waals surface area contributed by atoms with Crippen molar-refractivity contribution in [3.05, 3.63) is 70.1 Å². The van der Waals surface area contributed by atoms with Crippen LogP contribution >= 0.6 is 23.4 Å². The summed E-state index contributed by atoms with van der Waals surface area (Å²) in [5, 5.41) is 8.32. The number of ether oxygens (including phenoxy) is 1. The first-order valence-corrected chi connectivity index (χ1v) is 10.2. The number of H-pyrrole nitrogens is 1. The first-order chi connectivity index (χ1) is 14.5. The van der Waals surface area contributed by atoms with Crippen molar-refractivity contribution in [2.45, 2.75) is 5.16 Å². The molecule has 0 aliphatic rings. The fourth-order valence-corrected chi connectivity index (χ4v) is 3.53. The molecule has 0 aliphatic carbocycles. The Morgan fingerprint density at radius 2 is 1.93 bits per heavy atom. The molecule has 2 heterocycles. The molecule has 1 amide bonds. The second-order valence-corrected chi connectivity index (χ2v) is 7.61. The number of halogens is 1. The lowest BCUT2D eigenvalue weighted by Gasteiger charge is -2.07. The molecule has 0 saturated heterocycles. The third-order valence-electron chi connectivity index (χ3n) is 4.20. The maximum atomic E-state index is 12.4. The number of nitrogens with zero attached hydrogens (tertiary/aromatic N) is 3. The smallest absolute Gasteiger partial charge is 0.262 e. The summed E-state index contributed by atoms with van der Waals surface area (Å²) in [5.41, 5.74) is 1.46. The molecule has 0 spiro atoms. The van der Waals surface area contributed by atoms with Crippen molar-refractivity contribution >= 4 is 46.0 Å². The highest BCUT2D eigenvalue weighted by Gasteiger charge is 2.13. The Kier molecular flexibility index (Phi) is 5.73. The summed E-state index contributed by atoms with van der Waals surface area (Å²) in [7, 11) is 1.58. The van der Waals surface area contributed by atoms with Crippen LogP contribution < -0.4 is 15.6 Å². The van der Waals surface area contributed by atoms with E-state index in [2.05, 4.69) is 20.4 Å². The quantitative estimate of drug-likeness (QED) is 0.350. The molecular weight excluding hydrogens is 426 g/mol. The van der Waals surface area contributed by atoms with Crippen LogP contribution in [0.2, 0.25) is 5.02 Å². The van der Waals surface area contributed by atoms with Crippen LogP contribution in [-0.2, 0) is 4.79 Å². The molecule has 0 radical (unpaired) electrons. The van der Waals surface area contributed by atoms with Crippen molar-refractivity contribution in [1.29, 1.82) is 0 Å². The van der Waals surface area contributed by atoms with Gasteiger partial charge in [-0.3, -0.25) is 9.59 Å². The van der Waals surface area contributed by atoms with Crippen molar-refractivity contribution < 1.29 is 9.53 Å². The van der Waals surface area contributed by atoms with Gasteiger partial charge in [0.05, 0.1) is 24.7 Å². The number of nitrogens with one attached hydrogen (secondary N) is 2. The molecule has 8 nitrogen and oxygen atoms in total. The van der Waals surface area contributed by atoms with Crippen LogP contribution in [0.25, 0.3) is 16.7 Å². The number of aromatic nitrogens is 4. The average Bonchev–Trinajstić information content (AvgIpc) is 3.18. The molecule has 2 N–H and O–H groups in total. The number of methoxy groups -OCH3 is 1. The van der Waals surface area contributed by atoms with Gasteiger partial charge in [0.1, 0.15) is 11.1 Å². The maximum absolute atomic E-state index is 12.4. The lowest BCUT2D eigenvalue weighted by atomic mass is 10.3. The Morgan fingerprint density at radius 3 is 2.63 bits per heavy atom. The Labute approximate surface area is 180 Å². The number of amides is 1. The van der Waals surface area contributed by atoms with E-state index in [1.54, 1.807) is 60.3 Å². The molecule has 2 aromatic heterocycles. The summed E-state index contributed by atoms with van der Waals surface area (Å²) >= 11 is 7.07. The molecule has 2 aromatic carbocycles. The highest BCUT2D eigenvalue weighted by molar-refractivity contribution is 7.99. The summed E-state index contributed by atoms with van der Waals surface area (Å²) in [6, 6.07) is 14.0. The number of aromatic amines is 1. The number of hydrogen-bond donors (Lipinski definition) is 2. The van der Waals surface area contributed by atoms with E-state index in [1.165, 1.54) is 6.20 Å². The molecule has 4 aromatic rings. The van der Waals surface area contributed by atoms with Crippen molar-refractivity contribution in [2.24, 2.45) is 0 Å². The van der Waals surface area contributed by atoms with E-state index in [4.69, 9.17) is 16.3 Å². The number of rotatable bonds is 6. The topological polar surface area (TPSA) is 102 Å². The van der Waals surface area contributed by atoms with Gasteiger partial charge in [-0.15, -0.1) is 0 Å². The molecule has 0 unspecified atom stereocenters. The molecule has 0 atom stereocenters. The normalized spacial score (nSPS) is 10.9. The van der Waals surface area contributed by atoms with Gasteiger partial charge in [-0.05, 0) is 48.5 Å². The van der Waals surface area contributed by atoms with Crippen molar-refractivity contribution in [1.82, 2.24) is 19.7 Å². The number of fused-ring (bicyclic) bond motifs is 1. The van der Waals surface area contributed by atoms with Crippen molar-refractivity contribution in [3.8, 4) is 11.4 Å². The number of anilines is 1. The van der Waals surface area contributed by atoms with Gasteiger partial charge in [-0.1, -0.05) is 23.4 Å². The van der Waals surface area contributed by atoms with Crippen molar-refractivity contribution in [2.75, 3.05) is 18.2 Å². The SMILES string of the molecule is COc1ccc(NC(=O)CSc2nc3c(cnn3-c3ccc(Cl)cc3)c(=O)[nH]2)cc1. The standard InChI is InChI=1S/C20H16ClN5O3S/c1-29-15-8-4-13(5-9-15)23-17(27)11-30-20-24-18-16(19(28)25-20)10-22-26(18)14-6-2-12(21)3-7-14/h2-10H,11H2,1H3,(H,23,27)(H,24,25,28). The molecular formula is C20H16ClN5O3S.